The molecule has 0 saturated carbocycles. The maximum atomic E-state index is 5.94. The second-order valence-electron chi connectivity index (χ2n) is 4.22. The average molecular weight is 224 g/mol. The molecule has 0 aromatic carbocycles. The van der Waals surface area contributed by atoms with E-state index >= 15 is 0 Å². The molecule has 0 aliphatic rings. The van der Waals surface area contributed by atoms with Gasteiger partial charge in [0.1, 0.15) is 12.0 Å². The highest BCUT2D eigenvalue weighted by atomic mass is 16.5. The van der Waals surface area contributed by atoms with Gasteiger partial charge in [0.05, 0.1) is 7.11 Å². The predicted molar refractivity (Wildman–Crippen MR) is 65.7 cm³/mol. The summed E-state index contributed by atoms with van der Waals surface area (Å²) in [5.74, 6) is 1.66. The van der Waals surface area contributed by atoms with Gasteiger partial charge in [-0.3, -0.25) is 0 Å². The fourth-order valence-electron chi connectivity index (χ4n) is 1.45. The lowest BCUT2D eigenvalue weighted by Crippen LogP contribution is -2.34. The third-order valence-electron chi connectivity index (χ3n) is 2.93. The number of ether oxygens (including phenoxy) is 1. The first-order chi connectivity index (χ1) is 7.49. The van der Waals surface area contributed by atoms with Gasteiger partial charge in [0.15, 0.2) is 5.82 Å². The highest BCUT2D eigenvalue weighted by Crippen LogP contribution is 2.28. The number of rotatable bonds is 4. The van der Waals surface area contributed by atoms with Crippen LogP contribution in [0.1, 0.15) is 20.8 Å². The summed E-state index contributed by atoms with van der Waals surface area (Å²) in [5, 5.41) is 0. The summed E-state index contributed by atoms with van der Waals surface area (Å²) in [7, 11) is 3.52. The summed E-state index contributed by atoms with van der Waals surface area (Å²) in [5.41, 5.74) is 6.43. The molecule has 0 saturated heterocycles. The van der Waals surface area contributed by atoms with Gasteiger partial charge in [-0.05, 0) is 12.8 Å². The number of methoxy groups -OCH3 is 1. The lowest BCUT2D eigenvalue weighted by atomic mass is 10.1. The van der Waals surface area contributed by atoms with E-state index in [0.29, 0.717) is 29.3 Å². The molecule has 0 radical (unpaired) electrons. The van der Waals surface area contributed by atoms with Crippen LogP contribution in [0.2, 0.25) is 0 Å². The van der Waals surface area contributed by atoms with Gasteiger partial charge in [-0.15, -0.1) is 0 Å². The normalized spacial score (nSPS) is 12.6. The number of nitrogen functional groups attached to an aromatic ring is 1. The lowest BCUT2D eigenvalue weighted by molar-refractivity contribution is 0.398. The smallest absolute Gasteiger partial charge is 0.242 e. The molecule has 5 heteroatoms. The van der Waals surface area contributed by atoms with E-state index in [1.807, 2.05) is 11.9 Å². The van der Waals surface area contributed by atoms with E-state index in [2.05, 4.69) is 30.7 Å². The minimum absolute atomic E-state index is 0.349. The number of hydrogen-bond donors (Lipinski definition) is 1. The molecular formula is C11H20N4O. The van der Waals surface area contributed by atoms with E-state index in [9.17, 15) is 0 Å². The Balaban J connectivity index is 3.04. The molecule has 16 heavy (non-hydrogen) atoms. The molecule has 1 aromatic heterocycles. The van der Waals surface area contributed by atoms with Crippen molar-refractivity contribution in [2.75, 3.05) is 24.8 Å². The largest absolute Gasteiger partial charge is 0.479 e. The quantitative estimate of drug-likeness (QED) is 0.840. The molecule has 0 aliphatic heterocycles. The van der Waals surface area contributed by atoms with Crippen molar-refractivity contribution in [2.45, 2.75) is 26.8 Å². The Labute approximate surface area is 96.6 Å². The van der Waals surface area contributed by atoms with Gasteiger partial charge in [-0.25, -0.2) is 4.98 Å². The van der Waals surface area contributed by atoms with Gasteiger partial charge in [-0.2, -0.15) is 4.98 Å². The summed E-state index contributed by atoms with van der Waals surface area (Å²) in [4.78, 5) is 10.2. The van der Waals surface area contributed by atoms with Crippen molar-refractivity contribution in [3.05, 3.63) is 6.33 Å². The molecule has 5 nitrogen and oxygen atoms in total. The molecule has 0 spiro atoms. The minimum atomic E-state index is 0.349. The second-order valence-corrected chi connectivity index (χ2v) is 4.22. The molecule has 90 valence electrons. The number of anilines is 2. The van der Waals surface area contributed by atoms with Crippen LogP contribution in [0, 0.1) is 5.92 Å². The van der Waals surface area contributed by atoms with Gasteiger partial charge in [0, 0.05) is 13.1 Å². The first-order valence-corrected chi connectivity index (χ1v) is 5.36. The van der Waals surface area contributed by atoms with Crippen molar-refractivity contribution in [3.8, 4) is 5.88 Å². The molecule has 0 aliphatic carbocycles. The fourth-order valence-corrected chi connectivity index (χ4v) is 1.45. The van der Waals surface area contributed by atoms with Crippen LogP contribution in [0.4, 0.5) is 11.5 Å². The van der Waals surface area contributed by atoms with Crippen molar-refractivity contribution in [1.29, 1.82) is 0 Å². The molecule has 1 atom stereocenters. The van der Waals surface area contributed by atoms with Crippen LogP contribution in [0.15, 0.2) is 6.33 Å². The molecule has 1 aromatic rings. The highest BCUT2D eigenvalue weighted by molar-refractivity contribution is 5.67. The summed E-state index contributed by atoms with van der Waals surface area (Å²) in [6.45, 7) is 6.46. The molecule has 0 bridgehead atoms. The Hall–Kier alpha value is -1.52. The first kappa shape index (κ1) is 12.5. The topological polar surface area (TPSA) is 64.3 Å². The lowest BCUT2D eigenvalue weighted by Gasteiger charge is -2.29. The van der Waals surface area contributed by atoms with Crippen LogP contribution in [-0.2, 0) is 0 Å². The predicted octanol–water partition coefficient (Wildman–Crippen LogP) is 1.55. The van der Waals surface area contributed by atoms with E-state index in [0.717, 1.165) is 0 Å². The standard InChI is InChI=1S/C11H20N4O/c1-7(2)8(3)15(4)10-9(12)11(16-5)14-6-13-10/h6-8H,12H2,1-5H3. The molecule has 1 unspecified atom stereocenters. The first-order valence-electron chi connectivity index (χ1n) is 5.36. The molecular weight excluding hydrogens is 204 g/mol. The Morgan fingerprint density at radius 1 is 1.31 bits per heavy atom. The average Bonchev–Trinajstić information content (AvgIpc) is 2.27. The van der Waals surface area contributed by atoms with E-state index in [1.54, 1.807) is 7.11 Å². The van der Waals surface area contributed by atoms with Gasteiger partial charge in [0.2, 0.25) is 5.88 Å². The number of aromatic nitrogens is 2. The van der Waals surface area contributed by atoms with E-state index < -0.39 is 0 Å². The zero-order chi connectivity index (χ0) is 12.3. The van der Waals surface area contributed by atoms with Crippen LogP contribution >= 0.6 is 0 Å². The zero-order valence-corrected chi connectivity index (χ0v) is 10.6. The molecule has 1 heterocycles. The third kappa shape index (κ3) is 2.35. The maximum Gasteiger partial charge on any atom is 0.242 e. The van der Waals surface area contributed by atoms with Crippen molar-refractivity contribution in [1.82, 2.24) is 9.97 Å². The highest BCUT2D eigenvalue weighted by Gasteiger charge is 2.19. The van der Waals surface area contributed by atoms with Crippen LogP contribution in [-0.4, -0.2) is 30.2 Å². The Bertz CT molecular complexity index is 354. The molecule has 0 amide bonds. The Kier molecular flexibility index (Phi) is 3.93. The molecule has 2 N–H and O–H groups in total. The van der Waals surface area contributed by atoms with Gasteiger partial charge >= 0.3 is 0 Å². The monoisotopic (exact) mass is 224 g/mol. The summed E-state index contributed by atoms with van der Waals surface area (Å²) in [6, 6.07) is 0.349. The van der Waals surface area contributed by atoms with Crippen molar-refractivity contribution >= 4 is 11.5 Å². The van der Waals surface area contributed by atoms with Gasteiger partial charge < -0.3 is 15.4 Å². The summed E-state index contributed by atoms with van der Waals surface area (Å²) >= 11 is 0. The van der Waals surface area contributed by atoms with Crippen LogP contribution in [0.5, 0.6) is 5.88 Å². The van der Waals surface area contributed by atoms with Crippen LogP contribution < -0.4 is 15.4 Å². The van der Waals surface area contributed by atoms with Crippen LogP contribution in [0.3, 0.4) is 0 Å². The van der Waals surface area contributed by atoms with Crippen LogP contribution in [0.25, 0.3) is 0 Å². The van der Waals surface area contributed by atoms with Crippen molar-refractivity contribution < 1.29 is 4.74 Å². The zero-order valence-electron chi connectivity index (χ0n) is 10.6. The number of hydrogen-bond acceptors (Lipinski definition) is 5. The van der Waals surface area contributed by atoms with Gasteiger partial charge in [-0.1, -0.05) is 13.8 Å². The van der Waals surface area contributed by atoms with Crippen molar-refractivity contribution in [3.63, 3.8) is 0 Å². The maximum absolute atomic E-state index is 5.94. The van der Waals surface area contributed by atoms with E-state index in [4.69, 9.17) is 10.5 Å². The Morgan fingerprint density at radius 2 is 1.94 bits per heavy atom. The van der Waals surface area contributed by atoms with E-state index in [1.165, 1.54) is 6.33 Å². The molecule has 1 rings (SSSR count). The number of nitrogens with two attached hydrogens (primary N) is 1. The van der Waals surface area contributed by atoms with Crippen molar-refractivity contribution in [2.24, 2.45) is 5.92 Å². The summed E-state index contributed by atoms with van der Waals surface area (Å²) < 4.78 is 5.07. The second kappa shape index (κ2) is 5.01. The Morgan fingerprint density at radius 3 is 2.44 bits per heavy atom. The molecule has 0 fully saturated rings. The SMILES string of the molecule is COc1ncnc(N(C)C(C)C(C)C)c1N. The van der Waals surface area contributed by atoms with Gasteiger partial charge in [0.25, 0.3) is 0 Å². The number of nitrogens with zero attached hydrogens (tertiary/aromatic N) is 3. The van der Waals surface area contributed by atoms with E-state index in [-0.39, 0.29) is 0 Å². The minimum Gasteiger partial charge on any atom is -0.479 e. The summed E-state index contributed by atoms with van der Waals surface area (Å²) in [6.07, 6.45) is 1.47. The fraction of sp³-hybridized carbons (Fsp3) is 0.636. The third-order valence-corrected chi connectivity index (χ3v) is 2.93.